The lowest BCUT2D eigenvalue weighted by atomic mass is 10.0. The molecule has 29 heavy (non-hydrogen) atoms. The summed E-state index contributed by atoms with van der Waals surface area (Å²) in [5.41, 5.74) is -1.82. The molecule has 4 N–H and O–H groups in total. The van der Waals surface area contributed by atoms with E-state index < -0.39 is 22.6 Å². The summed E-state index contributed by atoms with van der Waals surface area (Å²) in [6, 6.07) is 4.05. The van der Waals surface area contributed by atoms with Gasteiger partial charge in [0.1, 0.15) is 28.6 Å². The minimum Gasteiger partial charge on any atom is -0.507 e. The number of phenolic OH excluding ortho intramolecular Hbond substituents is 1. The quantitative estimate of drug-likeness (QED) is 0.371. The van der Waals surface area contributed by atoms with E-state index in [2.05, 4.69) is 16.0 Å². The average Bonchev–Trinajstić information content (AvgIpc) is 3.29. The molecule has 0 saturated heterocycles. The van der Waals surface area contributed by atoms with E-state index in [1.165, 1.54) is 0 Å². The van der Waals surface area contributed by atoms with Crippen molar-refractivity contribution in [2.24, 2.45) is 0 Å². The minimum atomic E-state index is -0.911. The van der Waals surface area contributed by atoms with Crippen LogP contribution in [0.1, 0.15) is 46.8 Å². The number of carbonyl (C=O) groups is 1. The SMILES string of the molecule is CC[C@@H](Nc1c(Nc2c(F)cc(O)c3c2C(=O)NC3)c(=O)c1=O)c1ccc(C)o1. The molecule has 9 heteroatoms. The van der Waals surface area contributed by atoms with Gasteiger partial charge in [0.15, 0.2) is 5.82 Å². The van der Waals surface area contributed by atoms with Crippen molar-refractivity contribution in [2.45, 2.75) is 32.9 Å². The molecule has 8 nitrogen and oxygen atoms in total. The van der Waals surface area contributed by atoms with E-state index >= 15 is 0 Å². The number of furan rings is 1. The van der Waals surface area contributed by atoms with Gasteiger partial charge in [-0.25, -0.2) is 4.39 Å². The number of benzene rings is 1. The molecule has 4 rings (SSSR count). The van der Waals surface area contributed by atoms with E-state index in [0.717, 1.165) is 6.07 Å². The number of halogens is 1. The smallest absolute Gasteiger partial charge is 0.254 e. The van der Waals surface area contributed by atoms with Crippen LogP contribution in [-0.4, -0.2) is 11.0 Å². The summed E-state index contributed by atoms with van der Waals surface area (Å²) < 4.78 is 20.1. The average molecular weight is 399 g/mol. The van der Waals surface area contributed by atoms with Crippen LogP contribution in [-0.2, 0) is 6.54 Å². The van der Waals surface area contributed by atoms with E-state index in [0.29, 0.717) is 17.9 Å². The van der Waals surface area contributed by atoms with Crippen LogP contribution in [0.15, 0.2) is 32.2 Å². The number of hydrogen-bond acceptors (Lipinski definition) is 7. The maximum absolute atomic E-state index is 14.5. The van der Waals surface area contributed by atoms with Gasteiger partial charge in [0.05, 0.1) is 17.3 Å². The molecular formula is C20H18FN3O5. The first-order chi connectivity index (χ1) is 13.8. The van der Waals surface area contributed by atoms with Crippen LogP contribution in [0.4, 0.5) is 21.5 Å². The Kier molecular flexibility index (Phi) is 4.37. The molecule has 1 aliphatic rings. The molecule has 0 saturated carbocycles. The number of phenols is 1. The highest BCUT2D eigenvalue weighted by atomic mass is 19.1. The zero-order valence-electron chi connectivity index (χ0n) is 15.7. The van der Waals surface area contributed by atoms with Crippen molar-refractivity contribution >= 4 is 23.0 Å². The van der Waals surface area contributed by atoms with E-state index in [9.17, 15) is 23.9 Å². The third-order valence-corrected chi connectivity index (χ3v) is 5.01. The number of aryl methyl sites for hydroxylation is 1. The Hall–Kier alpha value is -3.62. The van der Waals surface area contributed by atoms with Gasteiger partial charge in [-0.2, -0.15) is 0 Å². The number of fused-ring (bicyclic) bond motifs is 1. The van der Waals surface area contributed by atoms with E-state index in [1.54, 1.807) is 19.1 Å². The fourth-order valence-corrected chi connectivity index (χ4v) is 3.45. The van der Waals surface area contributed by atoms with Crippen molar-refractivity contribution in [1.82, 2.24) is 5.32 Å². The number of hydrogen-bond donors (Lipinski definition) is 4. The Morgan fingerprint density at radius 2 is 1.93 bits per heavy atom. The minimum absolute atomic E-state index is 0.00414. The predicted molar refractivity (Wildman–Crippen MR) is 104 cm³/mol. The molecule has 1 atom stereocenters. The molecule has 1 aliphatic heterocycles. The maximum Gasteiger partial charge on any atom is 0.254 e. The summed E-state index contributed by atoms with van der Waals surface area (Å²) in [6.07, 6.45) is 0.566. The molecule has 150 valence electrons. The first-order valence-electron chi connectivity index (χ1n) is 9.07. The number of aromatic hydroxyl groups is 1. The molecule has 0 spiro atoms. The van der Waals surface area contributed by atoms with Crippen LogP contribution in [0.25, 0.3) is 0 Å². The fraction of sp³-hybridized carbons (Fsp3) is 0.250. The maximum atomic E-state index is 14.5. The second-order valence-electron chi connectivity index (χ2n) is 6.88. The molecular weight excluding hydrogens is 381 g/mol. The van der Waals surface area contributed by atoms with Crippen molar-refractivity contribution < 1.29 is 18.7 Å². The molecule has 1 amide bonds. The summed E-state index contributed by atoms with van der Waals surface area (Å²) in [7, 11) is 0. The van der Waals surface area contributed by atoms with Gasteiger partial charge in [0, 0.05) is 18.2 Å². The molecule has 0 fully saturated rings. The Morgan fingerprint density at radius 3 is 2.59 bits per heavy atom. The topological polar surface area (TPSA) is 121 Å². The molecule has 0 aliphatic carbocycles. The number of nitrogens with one attached hydrogen (secondary N) is 3. The summed E-state index contributed by atoms with van der Waals surface area (Å²) in [6.45, 7) is 3.71. The van der Waals surface area contributed by atoms with Crippen molar-refractivity contribution in [2.75, 3.05) is 10.6 Å². The molecule has 0 unspecified atom stereocenters. The first-order valence-corrected chi connectivity index (χ1v) is 9.07. The second kappa shape index (κ2) is 6.77. The summed E-state index contributed by atoms with van der Waals surface area (Å²) >= 11 is 0. The Morgan fingerprint density at radius 1 is 1.21 bits per heavy atom. The van der Waals surface area contributed by atoms with Gasteiger partial charge in [0.25, 0.3) is 16.8 Å². The molecule has 0 bridgehead atoms. The first kappa shape index (κ1) is 18.7. The molecule has 1 aromatic heterocycles. The lowest BCUT2D eigenvalue weighted by molar-refractivity contribution is 0.0966. The fourth-order valence-electron chi connectivity index (χ4n) is 3.45. The lowest BCUT2D eigenvalue weighted by Gasteiger charge is -2.21. The van der Waals surface area contributed by atoms with E-state index in [4.69, 9.17) is 4.42 Å². The lowest BCUT2D eigenvalue weighted by Crippen LogP contribution is -2.37. The van der Waals surface area contributed by atoms with Crippen molar-refractivity contribution in [3.8, 4) is 5.75 Å². The number of amides is 1. The summed E-state index contributed by atoms with van der Waals surface area (Å²) in [5, 5.41) is 17.9. The zero-order valence-corrected chi connectivity index (χ0v) is 15.7. The molecule has 2 aromatic carbocycles. The van der Waals surface area contributed by atoms with Crippen LogP contribution >= 0.6 is 0 Å². The number of carbonyl (C=O) groups excluding carboxylic acids is 1. The summed E-state index contributed by atoms with van der Waals surface area (Å²) in [4.78, 5) is 36.4. The molecule has 0 radical (unpaired) electrons. The van der Waals surface area contributed by atoms with E-state index in [1.807, 2.05) is 6.92 Å². The van der Waals surface area contributed by atoms with Crippen molar-refractivity contribution in [3.63, 3.8) is 0 Å². The van der Waals surface area contributed by atoms with Crippen LogP contribution in [0.2, 0.25) is 0 Å². The van der Waals surface area contributed by atoms with Crippen LogP contribution in [0, 0.1) is 12.7 Å². The Balaban J connectivity index is 1.70. The van der Waals surface area contributed by atoms with Gasteiger partial charge in [-0.05, 0) is 25.5 Å². The predicted octanol–water partition coefficient (Wildman–Crippen LogP) is 2.58. The Bertz CT molecular complexity index is 1210. The van der Waals surface area contributed by atoms with Crippen LogP contribution in [0.3, 0.4) is 0 Å². The van der Waals surface area contributed by atoms with Gasteiger partial charge in [-0.1, -0.05) is 6.92 Å². The van der Waals surface area contributed by atoms with Gasteiger partial charge >= 0.3 is 0 Å². The third kappa shape index (κ3) is 2.95. The monoisotopic (exact) mass is 399 g/mol. The van der Waals surface area contributed by atoms with E-state index in [-0.39, 0.29) is 46.5 Å². The van der Waals surface area contributed by atoms with Gasteiger partial charge < -0.3 is 25.5 Å². The zero-order chi connectivity index (χ0) is 20.9. The normalized spacial score (nSPS) is 14.0. The summed E-state index contributed by atoms with van der Waals surface area (Å²) in [5.74, 6) is -0.547. The van der Waals surface area contributed by atoms with Crippen LogP contribution < -0.4 is 26.8 Å². The number of anilines is 3. The number of rotatable bonds is 6. The largest absolute Gasteiger partial charge is 0.507 e. The van der Waals surface area contributed by atoms with Gasteiger partial charge in [-0.15, -0.1) is 0 Å². The van der Waals surface area contributed by atoms with Gasteiger partial charge in [-0.3, -0.25) is 14.4 Å². The highest BCUT2D eigenvalue weighted by Gasteiger charge is 2.31. The second-order valence-corrected chi connectivity index (χ2v) is 6.88. The molecule has 3 aromatic rings. The highest BCUT2D eigenvalue weighted by molar-refractivity contribution is 6.05. The van der Waals surface area contributed by atoms with Gasteiger partial charge in [0.2, 0.25) is 0 Å². The standard InChI is InChI=1S/C20H18FN3O5/c1-3-11(13-5-4-8(2)29-13)23-16-17(19(27)18(16)26)24-15-10(21)6-12(25)9-7-22-20(28)14(9)15/h4-6,11,23-25H,3,7H2,1-2H3,(H,22,28)/t11-/m1/s1. The van der Waals surface area contributed by atoms with Crippen molar-refractivity contribution in [1.29, 1.82) is 0 Å². The van der Waals surface area contributed by atoms with Crippen molar-refractivity contribution in [3.05, 3.63) is 67.1 Å². The van der Waals surface area contributed by atoms with Crippen LogP contribution in [0.5, 0.6) is 5.75 Å². The Labute approximate surface area is 164 Å². The highest BCUT2D eigenvalue weighted by Crippen LogP contribution is 2.37. The molecule has 2 heterocycles. The third-order valence-electron chi connectivity index (χ3n) is 5.01.